The average Bonchev–Trinajstić information content (AvgIpc) is 2.31. The van der Waals surface area contributed by atoms with Crippen molar-refractivity contribution >= 4 is 44.8 Å². The molecule has 2 rings (SSSR count). The average molecular weight is 332 g/mol. The second kappa shape index (κ2) is 5.71. The zero-order valence-corrected chi connectivity index (χ0v) is 11.9. The van der Waals surface area contributed by atoms with E-state index in [-0.39, 0.29) is 0 Å². The fraction of sp³-hybridized carbons (Fsp3) is 0.0833. The zero-order valence-electron chi connectivity index (χ0n) is 8.75. The molecule has 0 radical (unpaired) electrons. The standard InChI is InChI=1S/C12H9BrCl2N2/c13-10-5-8(1-2-11(10)14)7-17-9-3-4-16-12(15)6-9/h1-6H,7H2,(H,16,17). The Morgan fingerprint density at radius 1 is 1.18 bits per heavy atom. The predicted octanol–water partition coefficient (Wildman–Crippen LogP) is 4.76. The summed E-state index contributed by atoms with van der Waals surface area (Å²) in [6, 6.07) is 9.48. The summed E-state index contributed by atoms with van der Waals surface area (Å²) < 4.78 is 0.895. The Morgan fingerprint density at radius 2 is 2.00 bits per heavy atom. The number of nitrogens with one attached hydrogen (secondary N) is 1. The van der Waals surface area contributed by atoms with Crippen LogP contribution in [-0.2, 0) is 6.54 Å². The van der Waals surface area contributed by atoms with E-state index in [1.807, 2.05) is 24.3 Å². The molecule has 0 spiro atoms. The monoisotopic (exact) mass is 330 g/mol. The van der Waals surface area contributed by atoms with Crippen molar-refractivity contribution in [3.63, 3.8) is 0 Å². The Labute approximate surface area is 118 Å². The highest BCUT2D eigenvalue weighted by atomic mass is 79.9. The third kappa shape index (κ3) is 3.60. The first-order valence-corrected chi connectivity index (χ1v) is 6.49. The van der Waals surface area contributed by atoms with Gasteiger partial charge in [-0.05, 0) is 45.8 Å². The van der Waals surface area contributed by atoms with Gasteiger partial charge in [0.1, 0.15) is 5.15 Å². The maximum atomic E-state index is 5.93. The number of nitrogens with zero attached hydrogens (tertiary/aromatic N) is 1. The smallest absolute Gasteiger partial charge is 0.131 e. The van der Waals surface area contributed by atoms with Crippen LogP contribution in [0.15, 0.2) is 41.0 Å². The summed E-state index contributed by atoms with van der Waals surface area (Å²) in [7, 11) is 0. The van der Waals surface area contributed by atoms with Crippen LogP contribution in [0, 0.1) is 0 Å². The SMILES string of the molecule is Clc1cc(NCc2ccc(Cl)c(Br)c2)ccn1. The first-order valence-electron chi connectivity index (χ1n) is 4.94. The van der Waals surface area contributed by atoms with Gasteiger partial charge in [0, 0.05) is 22.9 Å². The van der Waals surface area contributed by atoms with E-state index in [9.17, 15) is 0 Å². The van der Waals surface area contributed by atoms with E-state index in [0.717, 1.165) is 15.7 Å². The van der Waals surface area contributed by atoms with Crippen LogP contribution in [-0.4, -0.2) is 4.98 Å². The van der Waals surface area contributed by atoms with Gasteiger partial charge in [-0.3, -0.25) is 0 Å². The molecule has 0 bridgehead atoms. The van der Waals surface area contributed by atoms with E-state index >= 15 is 0 Å². The van der Waals surface area contributed by atoms with Crippen molar-refractivity contribution in [2.45, 2.75) is 6.54 Å². The minimum Gasteiger partial charge on any atom is -0.381 e. The lowest BCUT2D eigenvalue weighted by molar-refractivity contribution is 1.14. The van der Waals surface area contributed by atoms with Crippen molar-refractivity contribution in [3.05, 3.63) is 56.7 Å². The Kier molecular flexibility index (Phi) is 4.26. The summed E-state index contributed by atoms with van der Waals surface area (Å²) in [6.07, 6.45) is 1.67. The molecular weight excluding hydrogens is 323 g/mol. The van der Waals surface area contributed by atoms with E-state index in [2.05, 4.69) is 26.2 Å². The molecule has 0 saturated heterocycles. The molecule has 0 saturated carbocycles. The molecule has 0 aliphatic heterocycles. The molecule has 0 aliphatic rings. The molecule has 0 aliphatic carbocycles. The molecule has 1 heterocycles. The van der Waals surface area contributed by atoms with Crippen molar-refractivity contribution in [1.29, 1.82) is 0 Å². The van der Waals surface area contributed by atoms with Gasteiger partial charge in [0.25, 0.3) is 0 Å². The summed E-state index contributed by atoms with van der Waals surface area (Å²) >= 11 is 15.1. The zero-order chi connectivity index (χ0) is 12.3. The minimum absolute atomic E-state index is 0.479. The van der Waals surface area contributed by atoms with Gasteiger partial charge in [0.05, 0.1) is 5.02 Å². The van der Waals surface area contributed by atoms with Crippen LogP contribution >= 0.6 is 39.1 Å². The molecule has 17 heavy (non-hydrogen) atoms. The topological polar surface area (TPSA) is 24.9 Å². The van der Waals surface area contributed by atoms with Crippen LogP contribution in [0.1, 0.15) is 5.56 Å². The number of rotatable bonds is 3. The lowest BCUT2D eigenvalue weighted by Gasteiger charge is -2.07. The molecule has 1 aromatic heterocycles. The number of pyridine rings is 1. The number of aromatic nitrogens is 1. The van der Waals surface area contributed by atoms with Crippen LogP contribution < -0.4 is 5.32 Å². The summed E-state index contributed by atoms with van der Waals surface area (Å²) in [5, 5.41) is 4.45. The highest BCUT2D eigenvalue weighted by molar-refractivity contribution is 9.10. The van der Waals surface area contributed by atoms with Crippen LogP contribution in [0.2, 0.25) is 10.2 Å². The van der Waals surface area contributed by atoms with Gasteiger partial charge in [-0.25, -0.2) is 4.98 Å². The summed E-state index contributed by atoms with van der Waals surface area (Å²) in [5.41, 5.74) is 2.07. The second-order valence-electron chi connectivity index (χ2n) is 3.47. The highest BCUT2D eigenvalue weighted by Crippen LogP contribution is 2.23. The van der Waals surface area contributed by atoms with E-state index < -0.39 is 0 Å². The van der Waals surface area contributed by atoms with Gasteiger partial charge < -0.3 is 5.32 Å². The summed E-state index contributed by atoms with van der Waals surface area (Å²) in [5.74, 6) is 0. The predicted molar refractivity (Wildman–Crippen MR) is 75.7 cm³/mol. The summed E-state index contributed by atoms with van der Waals surface area (Å²) in [6.45, 7) is 0.704. The molecule has 0 unspecified atom stereocenters. The fourth-order valence-electron chi connectivity index (χ4n) is 1.37. The number of halogens is 3. The quantitative estimate of drug-likeness (QED) is 0.820. The van der Waals surface area contributed by atoms with Crippen molar-refractivity contribution in [2.75, 3.05) is 5.32 Å². The molecule has 5 heteroatoms. The van der Waals surface area contributed by atoms with E-state index in [1.54, 1.807) is 12.3 Å². The third-order valence-electron chi connectivity index (χ3n) is 2.21. The van der Waals surface area contributed by atoms with Crippen molar-refractivity contribution in [3.8, 4) is 0 Å². The highest BCUT2D eigenvalue weighted by Gasteiger charge is 1.99. The lowest BCUT2D eigenvalue weighted by Crippen LogP contribution is -1.99. The normalized spacial score (nSPS) is 10.3. The Balaban J connectivity index is 2.05. The second-order valence-corrected chi connectivity index (χ2v) is 5.12. The van der Waals surface area contributed by atoms with Crippen LogP contribution in [0.4, 0.5) is 5.69 Å². The number of benzene rings is 1. The molecule has 2 aromatic rings. The molecular formula is C12H9BrCl2N2. The summed E-state index contributed by atoms with van der Waals surface area (Å²) in [4.78, 5) is 3.92. The molecule has 1 aromatic carbocycles. The first-order chi connectivity index (χ1) is 8.15. The van der Waals surface area contributed by atoms with Gasteiger partial charge in [-0.1, -0.05) is 29.3 Å². The van der Waals surface area contributed by atoms with Gasteiger partial charge in [0.15, 0.2) is 0 Å². The van der Waals surface area contributed by atoms with Crippen LogP contribution in [0.3, 0.4) is 0 Å². The maximum absolute atomic E-state index is 5.93. The molecule has 0 fully saturated rings. The molecule has 88 valence electrons. The Bertz CT molecular complexity index is 532. The van der Waals surface area contributed by atoms with E-state index in [1.165, 1.54) is 0 Å². The largest absolute Gasteiger partial charge is 0.381 e. The number of hydrogen-bond donors (Lipinski definition) is 1. The molecule has 0 amide bonds. The third-order valence-corrected chi connectivity index (χ3v) is 3.63. The molecule has 1 N–H and O–H groups in total. The van der Waals surface area contributed by atoms with Gasteiger partial charge in [-0.15, -0.1) is 0 Å². The van der Waals surface area contributed by atoms with Crippen molar-refractivity contribution < 1.29 is 0 Å². The number of hydrogen-bond acceptors (Lipinski definition) is 2. The first kappa shape index (κ1) is 12.7. The fourth-order valence-corrected chi connectivity index (χ4v) is 2.08. The van der Waals surface area contributed by atoms with Gasteiger partial charge in [-0.2, -0.15) is 0 Å². The Morgan fingerprint density at radius 3 is 2.71 bits per heavy atom. The van der Waals surface area contributed by atoms with E-state index in [0.29, 0.717) is 16.7 Å². The lowest BCUT2D eigenvalue weighted by atomic mass is 10.2. The minimum atomic E-state index is 0.479. The van der Waals surface area contributed by atoms with Gasteiger partial charge >= 0.3 is 0 Å². The maximum Gasteiger partial charge on any atom is 0.131 e. The van der Waals surface area contributed by atoms with Gasteiger partial charge in [0.2, 0.25) is 0 Å². The Hall–Kier alpha value is -0.770. The van der Waals surface area contributed by atoms with E-state index in [4.69, 9.17) is 23.2 Å². The molecule has 2 nitrogen and oxygen atoms in total. The van der Waals surface area contributed by atoms with Crippen molar-refractivity contribution in [2.24, 2.45) is 0 Å². The molecule has 0 atom stereocenters. The van der Waals surface area contributed by atoms with Crippen molar-refractivity contribution in [1.82, 2.24) is 4.98 Å². The van der Waals surface area contributed by atoms with Crippen LogP contribution in [0.5, 0.6) is 0 Å². The van der Waals surface area contributed by atoms with Crippen LogP contribution in [0.25, 0.3) is 0 Å². The number of anilines is 1.